The quantitative estimate of drug-likeness (QED) is 0.442. The molecule has 0 amide bonds. The fourth-order valence-electron chi connectivity index (χ4n) is 4.95. The predicted molar refractivity (Wildman–Crippen MR) is 131 cm³/mol. The van der Waals surface area contributed by atoms with Crippen molar-refractivity contribution in [1.29, 1.82) is 0 Å². The first-order valence-electron chi connectivity index (χ1n) is 11.9. The Kier molecular flexibility index (Phi) is 6.57. The van der Waals surface area contributed by atoms with Gasteiger partial charge in [-0.05, 0) is 61.1 Å². The van der Waals surface area contributed by atoms with Crippen LogP contribution < -0.4 is 4.90 Å². The fraction of sp³-hybridized carbons (Fsp3) is 0.321. The molecule has 3 aromatic rings. The highest BCUT2D eigenvalue weighted by Crippen LogP contribution is 2.33. The van der Waals surface area contributed by atoms with Crippen LogP contribution in [0.4, 0.5) is 14.6 Å². The lowest BCUT2D eigenvalue weighted by Gasteiger charge is -2.31. The zero-order valence-electron chi connectivity index (χ0n) is 19.6. The summed E-state index contributed by atoms with van der Waals surface area (Å²) < 4.78 is 33.1. The van der Waals surface area contributed by atoms with Crippen LogP contribution in [0.2, 0.25) is 0 Å². The third-order valence-corrected chi connectivity index (χ3v) is 6.95. The highest BCUT2D eigenvalue weighted by Gasteiger charge is 2.26. The van der Waals surface area contributed by atoms with Gasteiger partial charge in [0.15, 0.2) is 0 Å². The Morgan fingerprint density at radius 2 is 1.63 bits per heavy atom. The van der Waals surface area contributed by atoms with E-state index in [-0.39, 0.29) is 23.5 Å². The molecule has 180 valence electrons. The smallest absolute Gasteiger partial charge is 0.308 e. The molecule has 5 rings (SSSR count). The van der Waals surface area contributed by atoms with Gasteiger partial charge in [0.1, 0.15) is 17.5 Å². The van der Waals surface area contributed by atoms with Gasteiger partial charge in [-0.15, -0.1) is 0 Å². The molecule has 0 N–H and O–H groups in total. The maximum absolute atomic E-state index is 14.1. The molecule has 0 spiro atoms. The van der Waals surface area contributed by atoms with Crippen LogP contribution in [0.25, 0.3) is 11.1 Å². The zero-order chi connectivity index (χ0) is 24.4. The van der Waals surface area contributed by atoms with Crippen molar-refractivity contribution in [3.8, 4) is 11.1 Å². The molecule has 1 aromatic heterocycles. The molecular formula is C28H27F2N3O2. The number of aliphatic imine (C=N–C) groups is 1. The van der Waals surface area contributed by atoms with Crippen LogP contribution in [0.15, 0.2) is 65.8 Å². The molecule has 7 heteroatoms. The second kappa shape index (κ2) is 9.94. The van der Waals surface area contributed by atoms with Gasteiger partial charge in [0.2, 0.25) is 0 Å². The molecule has 0 radical (unpaired) electrons. The Labute approximate surface area is 203 Å². The number of halogens is 2. The number of benzene rings is 2. The monoisotopic (exact) mass is 475 g/mol. The van der Waals surface area contributed by atoms with Crippen LogP contribution in [0, 0.1) is 17.6 Å². The lowest BCUT2D eigenvalue weighted by atomic mass is 9.97. The number of hydrogen-bond acceptors (Lipinski definition) is 5. The summed E-state index contributed by atoms with van der Waals surface area (Å²) in [5.41, 5.74) is 3.56. The zero-order valence-corrected chi connectivity index (χ0v) is 19.6. The van der Waals surface area contributed by atoms with Gasteiger partial charge >= 0.3 is 5.97 Å². The number of pyridine rings is 1. The number of methoxy groups -OCH3 is 1. The van der Waals surface area contributed by atoms with E-state index in [9.17, 15) is 13.6 Å². The van der Waals surface area contributed by atoms with Gasteiger partial charge in [-0.2, -0.15) is 0 Å². The van der Waals surface area contributed by atoms with E-state index in [1.807, 2.05) is 36.5 Å². The third kappa shape index (κ3) is 4.81. The van der Waals surface area contributed by atoms with Gasteiger partial charge in [0.25, 0.3) is 0 Å². The number of rotatable bonds is 5. The maximum atomic E-state index is 14.1. The fourth-order valence-corrected chi connectivity index (χ4v) is 4.95. The Balaban J connectivity index is 1.25. The Hall–Kier alpha value is -3.61. The molecule has 3 heterocycles. The van der Waals surface area contributed by atoms with E-state index in [0.29, 0.717) is 12.1 Å². The van der Waals surface area contributed by atoms with Crippen molar-refractivity contribution in [1.82, 2.24) is 4.98 Å². The number of piperidine rings is 1. The third-order valence-electron chi connectivity index (χ3n) is 6.95. The van der Waals surface area contributed by atoms with Gasteiger partial charge in [-0.3, -0.25) is 9.79 Å². The Bertz CT molecular complexity index is 1210. The number of carbonyl (C=O) groups excluding carboxylic acids is 1. The van der Waals surface area contributed by atoms with Crippen molar-refractivity contribution in [2.24, 2.45) is 10.9 Å². The van der Waals surface area contributed by atoms with Crippen LogP contribution in [-0.4, -0.2) is 36.9 Å². The summed E-state index contributed by atoms with van der Waals surface area (Å²) in [6.45, 7) is 1.56. The lowest BCUT2D eigenvalue weighted by molar-refractivity contribution is -0.146. The molecular weight excluding hydrogens is 448 g/mol. The van der Waals surface area contributed by atoms with E-state index in [1.165, 1.54) is 25.3 Å². The molecule has 5 nitrogen and oxygen atoms in total. The number of carbonyl (C=O) groups is 1. The predicted octanol–water partition coefficient (Wildman–Crippen LogP) is 5.74. The molecule has 35 heavy (non-hydrogen) atoms. The first-order chi connectivity index (χ1) is 17.0. The molecule has 1 unspecified atom stereocenters. The first kappa shape index (κ1) is 23.1. The average molecular weight is 476 g/mol. The molecule has 2 aromatic carbocycles. The summed E-state index contributed by atoms with van der Waals surface area (Å²) in [5, 5.41) is 0. The summed E-state index contributed by atoms with van der Waals surface area (Å²) in [6, 6.07) is 16.0. The first-order valence-corrected chi connectivity index (χ1v) is 11.9. The normalized spacial score (nSPS) is 18.4. The van der Waals surface area contributed by atoms with Crippen molar-refractivity contribution >= 4 is 17.5 Å². The summed E-state index contributed by atoms with van der Waals surface area (Å²) in [6.07, 6.45) is 4.68. The second-order valence-electron chi connectivity index (χ2n) is 9.04. The molecule has 2 aliphatic heterocycles. The van der Waals surface area contributed by atoms with Crippen molar-refractivity contribution in [3.63, 3.8) is 0 Å². The number of esters is 1. The van der Waals surface area contributed by atoms with E-state index >= 15 is 0 Å². The SMILES string of the molecule is COC(=O)C1CCN(c2ccc(-c3ccc(C4CCC(c5c(F)cccc5F)=N4)cc3)cn2)CC1. The van der Waals surface area contributed by atoms with Crippen LogP contribution >= 0.6 is 0 Å². The van der Waals surface area contributed by atoms with Crippen LogP contribution in [0.1, 0.15) is 42.9 Å². The minimum Gasteiger partial charge on any atom is -0.469 e. The minimum absolute atomic E-state index is 0.00712. The van der Waals surface area contributed by atoms with Gasteiger partial charge in [-0.1, -0.05) is 30.3 Å². The molecule has 1 saturated heterocycles. The Morgan fingerprint density at radius 1 is 0.943 bits per heavy atom. The van der Waals surface area contributed by atoms with E-state index < -0.39 is 11.6 Å². The standard InChI is InChI=1S/C28H27F2N3O2/c1-35-28(34)20-13-15-33(16-14-20)26-12-9-21(17-31-26)18-5-7-19(8-6-18)24-10-11-25(32-24)27-22(29)3-2-4-23(27)30/h2-9,12,17,20,24H,10-11,13-16H2,1H3. The van der Waals surface area contributed by atoms with Crippen molar-refractivity contribution in [2.45, 2.75) is 31.7 Å². The van der Waals surface area contributed by atoms with E-state index in [4.69, 9.17) is 4.74 Å². The Morgan fingerprint density at radius 3 is 2.26 bits per heavy atom. The van der Waals surface area contributed by atoms with Crippen molar-refractivity contribution < 1.29 is 18.3 Å². The molecule has 1 atom stereocenters. The van der Waals surface area contributed by atoms with Crippen LogP contribution in [-0.2, 0) is 9.53 Å². The van der Waals surface area contributed by atoms with Gasteiger partial charge < -0.3 is 9.64 Å². The maximum Gasteiger partial charge on any atom is 0.308 e. The van der Waals surface area contributed by atoms with E-state index in [1.54, 1.807) is 0 Å². The van der Waals surface area contributed by atoms with Crippen LogP contribution in [0.3, 0.4) is 0 Å². The topological polar surface area (TPSA) is 54.8 Å². The van der Waals surface area contributed by atoms with Crippen molar-refractivity contribution in [3.05, 3.63) is 83.6 Å². The summed E-state index contributed by atoms with van der Waals surface area (Å²) >= 11 is 0. The molecule has 2 aliphatic rings. The van der Waals surface area contributed by atoms with Crippen LogP contribution in [0.5, 0.6) is 0 Å². The van der Waals surface area contributed by atoms with Crippen molar-refractivity contribution in [2.75, 3.05) is 25.1 Å². The summed E-state index contributed by atoms with van der Waals surface area (Å²) in [5.74, 6) is -0.385. The second-order valence-corrected chi connectivity index (χ2v) is 9.04. The van der Waals surface area contributed by atoms with Gasteiger partial charge in [-0.25, -0.2) is 13.8 Å². The molecule has 1 fully saturated rings. The molecule has 0 saturated carbocycles. The summed E-state index contributed by atoms with van der Waals surface area (Å²) in [7, 11) is 1.44. The van der Waals surface area contributed by atoms with E-state index in [2.05, 4.69) is 20.9 Å². The minimum atomic E-state index is -0.566. The van der Waals surface area contributed by atoms with Gasteiger partial charge in [0.05, 0.1) is 24.6 Å². The average Bonchev–Trinajstić information content (AvgIpc) is 3.38. The number of ether oxygens (including phenoxy) is 1. The van der Waals surface area contributed by atoms with E-state index in [0.717, 1.165) is 54.9 Å². The molecule has 0 bridgehead atoms. The number of aromatic nitrogens is 1. The highest BCUT2D eigenvalue weighted by atomic mass is 19.1. The van der Waals surface area contributed by atoms with Gasteiger partial charge in [0, 0.05) is 30.6 Å². The molecule has 0 aliphatic carbocycles. The lowest BCUT2D eigenvalue weighted by Crippen LogP contribution is -2.37. The number of anilines is 1. The number of nitrogens with zero attached hydrogens (tertiary/aromatic N) is 3. The highest BCUT2D eigenvalue weighted by molar-refractivity contribution is 6.02. The number of hydrogen-bond donors (Lipinski definition) is 0. The largest absolute Gasteiger partial charge is 0.469 e. The summed E-state index contributed by atoms with van der Waals surface area (Å²) in [4.78, 5) is 23.2.